The van der Waals surface area contributed by atoms with E-state index >= 15 is 0 Å². The molecule has 1 amide bonds. The van der Waals surface area contributed by atoms with Crippen molar-refractivity contribution >= 4 is 11.9 Å². The lowest BCUT2D eigenvalue weighted by molar-refractivity contribution is -0.120. The average molecular weight is 298 g/mol. The van der Waals surface area contributed by atoms with Crippen LogP contribution in [0.4, 0.5) is 5.95 Å². The molecular formula is C17H22N4O. The first-order valence-electron chi connectivity index (χ1n) is 7.58. The van der Waals surface area contributed by atoms with E-state index in [0.717, 1.165) is 6.42 Å². The van der Waals surface area contributed by atoms with E-state index in [2.05, 4.69) is 39.7 Å². The number of amides is 1. The maximum atomic E-state index is 11.8. The van der Waals surface area contributed by atoms with Gasteiger partial charge in [0, 0.05) is 31.9 Å². The minimum absolute atomic E-state index is 0.0451. The number of nitrogens with one attached hydrogen (secondary N) is 2. The molecule has 0 aliphatic rings. The Hall–Kier alpha value is -2.43. The molecule has 0 aliphatic carbocycles. The van der Waals surface area contributed by atoms with E-state index in [1.54, 1.807) is 18.5 Å². The fourth-order valence-electron chi connectivity index (χ4n) is 2.14. The van der Waals surface area contributed by atoms with Crippen LogP contribution in [0.25, 0.3) is 0 Å². The van der Waals surface area contributed by atoms with Crippen LogP contribution in [0.5, 0.6) is 0 Å². The summed E-state index contributed by atoms with van der Waals surface area (Å²) in [5.41, 5.74) is 1.31. The summed E-state index contributed by atoms with van der Waals surface area (Å²) < 4.78 is 0. The van der Waals surface area contributed by atoms with E-state index in [-0.39, 0.29) is 5.91 Å². The lowest BCUT2D eigenvalue weighted by Crippen LogP contribution is -2.27. The maximum absolute atomic E-state index is 11.8. The third kappa shape index (κ3) is 5.52. The SMILES string of the molecule is CC(CCNC(=O)CCNc1ncccn1)c1ccccc1. The number of carbonyl (C=O) groups is 1. The molecule has 2 rings (SSSR count). The molecule has 0 saturated heterocycles. The van der Waals surface area contributed by atoms with Crippen LogP contribution in [0.1, 0.15) is 31.2 Å². The van der Waals surface area contributed by atoms with Crippen molar-refractivity contribution < 1.29 is 4.79 Å². The second-order valence-electron chi connectivity index (χ2n) is 5.20. The Morgan fingerprint density at radius 2 is 1.82 bits per heavy atom. The van der Waals surface area contributed by atoms with Gasteiger partial charge in [-0.05, 0) is 24.0 Å². The van der Waals surface area contributed by atoms with Gasteiger partial charge in [-0.1, -0.05) is 37.3 Å². The topological polar surface area (TPSA) is 66.9 Å². The van der Waals surface area contributed by atoms with Crippen molar-refractivity contribution in [2.24, 2.45) is 0 Å². The Kier molecular flexibility index (Phi) is 6.36. The molecule has 1 aromatic heterocycles. The van der Waals surface area contributed by atoms with Gasteiger partial charge >= 0.3 is 0 Å². The molecule has 0 bridgehead atoms. The highest BCUT2D eigenvalue weighted by Gasteiger charge is 2.06. The lowest BCUT2D eigenvalue weighted by Gasteiger charge is -2.12. The minimum atomic E-state index is 0.0451. The monoisotopic (exact) mass is 298 g/mol. The van der Waals surface area contributed by atoms with Gasteiger partial charge in [0.15, 0.2) is 0 Å². The summed E-state index contributed by atoms with van der Waals surface area (Å²) in [5.74, 6) is 1.04. The van der Waals surface area contributed by atoms with Crippen LogP contribution in [0.3, 0.4) is 0 Å². The van der Waals surface area contributed by atoms with Crippen molar-refractivity contribution in [3.8, 4) is 0 Å². The quantitative estimate of drug-likeness (QED) is 0.786. The van der Waals surface area contributed by atoms with Gasteiger partial charge in [0.25, 0.3) is 0 Å². The fraction of sp³-hybridized carbons (Fsp3) is 0.353. The fourth-order valence-corrected chi connectivity index (χ4v) is 2.14. The largest absolute Gasteiger partial charge is 0.356 e. The highest BCUT2D eigenvalue weighted by Crippen LogP contribution is 2.17. The normalized spacial score (nSPS) is 11.7. The second-order valence-corrected chi connectivity index (χ2v) is 5.20. The van der Waals surface area contributed by atoms with Gasteiger partial charge in [0.1, 0.15) is 0 Å². The third-order valence-electron chi connectivity index (χ3n) is 3.47. The summed E-state index contributed by atoms with van der Waals surface area (Å²) in [6.45, 7) is 3.40. The van der Waals surface area contributed by atoms with Crippen molar-refractivity contribution in [2.45, 2.75) is 25.7 Å². The number of anilines is 1. The molecule has 116 valence electrons. The third-order valence-corrected chi connectivity index (χ3v) is 3.47. The van der Waals surface area contributed by atoms with E-state index in [9.17, 15) is 4.79 Å². The van der Waals surface area contributed by atoms with Crippen molar-refractivity contribution in [1.82, 2.24) is 15.3 Å². The molecule has 2 aromatic rings. The number of nitrogens with zero attached hydrogens (tertiary/aromatic N) is 2. The number of hydrogen-bond acceptors (Lipinski definition) is 4. The first kappa shape index (κ1) is 15.9. The Balaban J connectivity index is 1.60. The number of benzene rings is 1. The Morgan fingerprint density at radius 1 is 1.09 bits per heavy atom. The molecule has 0 saturated carbocycles. The molecule has 1 aromatic carbocycles. The highest BCUT2D eigenvalue weighted by molar-refractivity contribution is 5.76. The van der Waals surface area contributed by atoms with Crippen molar-refractivity contribution in [1.29, 1.82) is 0 Å². The summed E-state index contributed by atoms with van der Waals surface area (Å²) in [7, 11) is 0. The zero-order valence-electron chi connectivity index (χ0n) is 12.8. The smallest absolute Gasteiger partial charge is 0.222 e. The van der Waals surface area contributed by atoms with E-state index in [1.165, 1.54) is 5.56 Å². The van der Waals surface area contributed by atoms with E-state index in [0.29, 0.717) is 31.4 Å². The van der Waals surface area contributed by atoms with Gasteiger partial charge in [0.05, 0.1) is 0 Å². The summed E-state index contributed by atoms with van der Waals surface area (Å²) in [6, 6.07) is 12.1. The molecule has 0 aliphatic heterocycles. The molecule has 2 N–H and O–H groups in total. The zero-order valence-corrected chi connectivity index (χ0v) is 12.8. The van der Waals surface area contributed by atoms with Crippen LogP contribution >= 0.6 is 0 Å². The summed E-state index contributed by atoms with van der Waals surface area (Å²) in [4.78, 5) is 19.8. The first-order valence-corrected chi connectivity index (χ1v) is 7.58. The molecule has 0 fully saturated rings. The van der Waals surface area contributed by atoms with Crippen LogP contribution in [-0.4, -0.2) is 29.0 Å². The van der Waals surface area contributed by atoms with Gasteiger partial charge in [-0.2, -0.15) is 0 Å². The average Bonchev–Trinajstić information content (AvgIpc) is 2.56. The number of rotatable bonds is 8. The highest BCUT2D eigenvalue weighted by atomic mass is 16.1. The molecule has 0 radical (unpaired) electrons. The Bertz CT molecular complexity index is 559. The summed E-state index contributed by atoms with van der Waals surface area (Å²) in [6.07, 6.45) is 4.68. The van der Waals surface area contributed by atoms with E-state index < -0.39 is 0 Å². The first-order chi connectivity index (χ1) is 10.8. The Labute approximate surface area is 131 Å². The van der Waals surface area contributed by atoms with Crippen LogP contribution in [0.15, 0.2) is 48.8 Å². The molecule has 1 heterocycles. The van der Waals surface area contributed by atoms with Gasteiger partial charge in [-0.25, -0.2) is 9.97 Å². The number of aromatic nitrogens is 2. The summed E-state index contributed by atoms with van der Waals surface area (Å²) in [5, 5.41) is 5.97. The van der Waals surface area contributed by atoms with Gasteiger partial charge in [0.2, 0.25) is 11.9 Å². The molecule has 5 nitrogen and oxygen atoms in total. The number of carbonyl (C=O) groups excluding carboxylic acids is 1. The summed E-state index contributed by atoms with van der Waals surface area (Å²) >= 11 is 0. The van der Waals surface area contributed by atoms with Gasteiger partial charge in [-0.15, -0.1) is 0 Å². The molecule has 22 heavy (non-hydrogen) atoms. The lowest BCUT2D eigenvalue weighted by atomic mass is 9.98. The van der Waals surface area contributed by atoms with Crippen LogP contribution in [0.2, 0.25) is 0 Å². The Morgan fingerprint density at radius 3 is 2.55 bits per heavy atom. The van der Waals surface area contributed by atoms with Crippen molar-refractivity contribution in [2.75, 3.05) is 18.4 Å². The van der Waals surface area contributed by atoms with Crippen LogP contribution < -0.4 is 10.6 Å². The zero-order chi connectivity index (χ0) is 15.6. The van der Waals surface area contributed by atoms with E-state index in [1.807, 2.05) is 18.2 Å². The van der Waals surface area contributed by atoms with E-state index in [4.69, 9.17) is 0 Å². The van der Waals surface area contributed by atoms with Crippen molar-refractivity contribution in [3.05, 3.63) is 54.4 Å². The van der Waals surface area contributed by atoms with Gasteiger partial charge < -0.3 is 10.6 Å². The van der Waals surface area contributed by atoms with Gasteiger partial charge in [-0.3, -0.25) is 4.79 Å². The number of hydrogen-bond donors (Lipinski definition) is 2. The molecule has 0 spiro atoms. The standard InChI is InChI=1S/C17H22N4O/c1-14(15-6-3-2-4-7-15)8-12-18-16(22)9-13-21-17-19-10-5-11-20-17/h2-7,10-11,14H,8-9,12-13H2,1H3,(H,18,22)(H,19,20,21). The maximum Gasteiger partial charge on any atom is 0.222 e. The molecular weight excluding hydrogens is 276 g/mol. The predicted octanol–water partition coefficient (Wildman–Crippen LogP) is 2.59. The van der Waals surface area contributed by atoms with Crippen LogP contribution in [-0.2, 0) is 4.79 Å². The minimum Gasteiger partial charge on any atom is -0.356 e. The second kappa shape index (κ2) is 8.77. The molecule has 1 unspecified atom stereocenters. The van der Waals surface area contributed by atoms with Crippen LogP contribution in [0, 0.1) is 0 Å². The molecule has 1 atom stereocenters. The van der Waals surface area contributed by atoms with Crippen molar-refractivity contribution in [3.63, 3.8) is 0 Å². The predicted molar refractivity (Wildman–Crippen MR) is 87.6 cm³/mol. The molecule has 5 heteroatoms.